The van der Waals surface area contributed by atoms with E-state index in [2.05, 4.69) is 74.4 Å². The molecule has 2 heterocycles. The monoisotopic (exact) mass is 320 g/mol. The molecule has 0 atom stereocenters. The summed E-state index contributed by atoms with van der Waals surface area (Å²) in [5.41, 5.74) is 4.50. The lowest BCUT2D eigenvalue weighted by molar-refractivity contribution is 0.560. The van der Waals surface area contributed by atoms with Gasteiger partial charge < -0.3 is 5.32 Å². The first-order valence-corrected chi connectivity index (χ1v) is 8.24. The summed E-state index contributed by atoms with van der Waals surface area (Å²) in [6.45, 7) is 9.36. The van der Waals surface area contributed by atoms with E-state index < -0.39 is 0 Å². The van der Waals surface area contributed by atoms with Crippen LogP contribution in [0.2, 0.25) is 0 Å². The van der Waals surface area contributed by atoms with E-state index in [9.17, 15) is 0 Å². The smallest absolute Gasteiger partial charge is 0.130 e. The molecule has 0 bridgehead atoms. The Kier molecular flexibility index (Phi) is 4.38. The zero-order valence-corrected chi connectivity index (χ0v) is 14.7. The van der Waals surface area contributed by atoms with Crippen LogP contribution < -0.4 is 5.32 Å². The van der Waals surface area contributed by atoms with Crippen molar-refractivity contribution in [3.63, 3.8) is 0 Å². The molecular formula is C20H24N4. The first-order valence-electron chi connectivity index (χ1n) is 8.24. The lowest BCUT2D eigenvalue weighted by Crippen LogP contribution is -2.12. The lowest BCUT2D eigenvalue weighted by Gasteiger charge is -2.14. The van der Waals surface area contributed by atoms with Crippen molar-refractivity contribution in [2.75, 3.05) is 5.32 Å². The molecule has 0 saturated heterocycles. The molecule has 24 heavy (non-hydrogen) atoms. The SMILES string of the molecule is Cc1cccc(-n2nc(C(C)(C)C)cc2NCc2cccnc2)c1. The van der Waals surface area contributed by atoms with Gasteiger partial charge in [0, 0.05) is 30.4 Å². The van der Waals surface area contributed by atoms with E-state index in [1.807, 2.05) is 16.9 Å². The molecule has 4 heteroatoms. The minimum atomic E-state index is -0.000191. The average molecular weight is 320 g/mol. The molecular weight excluding hydrogens is 296 g/mol. The van der Waals surface area contributed by atoms with Gasteiger partial charge in [-0.2, -0.15) is 5.10 Å². The van der Waals surface area contributed by atoms with Gasteiger partial charge in [-0.15, -0.1) is 0 Å². The maximum absolute atomic E-state index is 4.84. The Morgan fingerprint density at radius 3 is 2.58 bits per heavy atom. The quantitative estimate of drug-likeness (QED) is 0.770. The first-order chi connectivity index (χ1) is 11.4. The number of nitrogens with zero attached hydrogens (tertiary/aromatic N) is 3. The van der Waals surface area contributed by atoms with Crippen molar-refractivity contribution < 1.29 is 0 Å². The van der Waals surface area contributed by atoms with Crippen LogP contribution in [0.4, 0.5) is 5.82 Å². The fourth-order valence-corrected chi connectivity index (χ4v) is 2.53. The van der Waals surface area contributed by atoms with Crippen molar-refractivity contribution in [3.8, 4) is 5.69 Å². The molecule has 0 saturated carbocycles. The Bertz CT molecular complexity index is 813. The summed E-state index contributed by atoms with van der Waals surface area (Å²) in [7, 11) is 0. The summed E-state index contributed by atoms with van der Waals surface area (Å²) in [5.74, 6) is 0.995. The number of nitrogens with one attached hydrogen (secondary N) is 1. The van der Waals surface area contributed by atoms with Crippen LogP contribution in [0, 0.1) is 6.92 Å². The normalized spacial score (nSPS) is 11.5. The summed E-state index contributed by atoms with van der Waals surface area (Å²) in [6, 6.07) is 14.6. The number of aromatic nitrogens is 3. The van der Waals surface area contributed by atoms with Crippen LogP contribution in [0.1, 0.15) is 37.6 Å². The third-order valence-corrected chi connectivity index (χ3v) is 3.92. The number of hydrogen-bond donors (Lipinski definition) is 1. The van der Waals surface area contributed by atoms with Gasteiger partial charge in [-0.1, -0.05) is 39.0 Å². The number of pyridine rings is 1. The molecule has 0 spiro atoms. The van der Waals surface area contributed by atoms with Crippen LogP contribution in [-0.2, 0) is 12.0 Å². The van der Waals surface area contributed by atoms with E-state index in [1.165, 1.54) is 5.56 Å². The Morgan fingerprint density at radius 2 is 1.92 bits per heavy atom. The van der Waals surface area contributed by atoms with E-state index in [1.54, 1.807) is 6.20 Å². The summed E-state index contributed by atoms with van der Waals surface area (Å²) in [4.78, 5) is 4.17. The Morgan fingerprint density at radius 1 is 1.08 bits per heavy atom. The van der Waals surface area contributed by atoms with E-state index in [-0.39, 0.29) is 5.41 Å². The molecule has 1 aromatic carbocycles. The van der Waals surface area contributed by atoms with Crippen molar-refractivity contribution in [3.05, 3.63) is 71.7 Å². The maximum Gasteiger partial charge on any atom is 0.130 e. The average Bonchev–Trinajstić information content (AvgIpc) is 2.98. The molecule has 0 amide bonds. The molecule has 3 aromatic rings. The van der Waals surface area contributed by atoms with E-state index >= 15 is 0 Å². The Balaban J connectivity index is 1.95. The number of hydrogen-bond acceptors (Lipinski definition) is 3. The summed E-state index contributed by atoms with van der Waals surface area (Å²) in [6.07, 6.45) is 3.67. The molecule has 0 aliphatic heterocycles. The fourth-order valence-electron chi connectivity index (χ4n) is 2.53. The van der Waals surface area contributed by atoms with E-state index in [4.69, 9.17) is 5.10 Å². The number of anilines is 1. The highest BCUT2D eigenvalue weighted by atomic mass is 15.3. The molecule has 0 radical (unpaired) electrons. The molecule has 2 aromatic heterocycles. The molecule has 0 aliphatic carbocycles. The molecule has 0 fully saturated rings. The van der Waals surface area contributed by atoms with Crippen LogP contribution in [0.5, 0.6) is 0 Å². The van der Waals surface area contributed by atoms with Crippen molar-refractivity contribution in [1.29, 1.82) is 0 Å². The van der Waals surface area contributed by atoms with E-state index in [0.717, 1.165) is 29.3 Å². The Hall–Kier alpha value is -2.62. The van der Waals surface area contributed by atoms with Crippen molar-refractivity contribution in [2.24, 2.45) is 0 Å². The highest BCUT2D eigenvalue weighted by molar-refractivity contribution is 5.48. The molecule has 4 nitrogen and oxygen atoms in total. The second kappa shape index (κ2) is 6.48. The second-order valence-electron chi connectivity index (χ2n) is 7.13. The van der Waals surface area contributed by atoms with Gasteiger partial charge in [0.15, 0.2) is 0 Å². The minimum absolute atomic E-state index is 0.000191. The zero-order chi connectivity index (χ0) is 17.2. The first kappa shape index (κ1) is 16.2. The predicted octanol–water partition coefficient (Wildman–Crippen LogP) is 4.49. The van der Waals surface area contributed by atoms with Crippen LogP contribution in [0.3, 0.4) is 0 Å². The van der Waals surface area contributed by atoms with Gasteiger partial charge in [0.25, 0.3) is 0 Å². The lowest BCUT2D eigenvalue weighted by atomic mass is 9.92. The van der Waals surface area contributed by atoms with Crippen LogP contribution >= 0.6 is 0 Å². The molecule has 3 rings (SSSR count). The number of benzene rings is 1. The van der Waals surface area contributed by atoms with Crippen molar-refractivity contribution in [1.82, 2.24) is 14.8 Å². The summed E-state index contributed by atoms with van der Waals surface area (Å²) < 4.78 is 1.99. The molecule has 0 aliphatic rings. The summed E-state index contributed by atoms with van der Waals surface area (Å²) >= 11 is 0. The third kappa shape index (κ3) is 3.65. The van der Waals surface area contributed by atoms with Gasteiger partial charge in [0.1, 0.15) is 5.82 Å². The van der Waals surface area contributed by atoms with E-state index in [0.29, 0.717) is 0 Å². The van der Waals surface area contributed by atoms with Crippen LogP contribution in [0.15, 0.2) is 54.9 Å². The second-order valence-corrected chi connectivity index (χ2v) is 7.13. The Labute approximate surface area is 143 Å². The van der Waals surface area contributed by atoms with Gasteiger partial charge in [0.2, 0.25) is 0 Å². The van der Waals surface area contributed by atoms with Crippen molar-refractivity contribution in [2.45, 2.75) is 39.7 Å². The van der Waals surface area contributed by atoms with Gasteiger partial charge in [0.05, 0.1) is 11.4 Å². The topological polar surface area (TPSA) is 42.7 Å². The van der Waals surface area contributed by atoms with Gasteiger partial charge >= 0.3 is 0 Å². The predicted molar refractivity (Wildman–Crippen MR) is 98.6 cm³/mol. The molecule has 0 unspecified atom stereocenters. The minimum Gasteiger partial charge on any atom is -0.366 e. The van der Waals surface area contributed by atoms with Crippen LogP contribution in [-0.4, -0.2) is 14.8 Å². The van der Waals surface area contributed by atoms with Gasteiger partial charge in [-0.25, -0.2) is 4.68 Å². The van der Waals surface area contributed by atoms with Gasteiger partial charge in [-0.3, -0.25) is 4.98 Å². The fraction of sp³-hybridized carbons (Fsp3) is 0.300. The summed E-state index contributed by atoms with van der Waals surface area (Å²) in [5, 5.41) is 8.34. The highest BCUT2D eigenvalue weighted by Crippen LogP contribution is 2.26. The van der Waals surface area contributed by atoms with Crippen molar-refractivity contribution >= 4 is 5.82 Å². The zero-order valence-electron chi connectivity index (χ0n) is 14.7. The number of rotatable bonds is 4. The molecule has 1 N–H and O–H groups in total. The van der Waals surface area contributed by atoms with Crippen LogP contribution in [0.25, 0.3) is 5.69 Å². The third-order valence-electron chi connectivity index (χ3n) is 3.92. The maximum atomic E-state index is 4.84. The molecule has 124 valence electrons. The largest absolute Gasteiger partial charge is 0.366 e. The number of aryl methyl sites for hydroxylation is 1. The standard InChI is InChI=1S/C20H24N4/c1-15-7-5-9-17(11-15)24-19(12-18(23-24)20(2,3)4)22-14-16-8-6-10-21-13-16/h5-13,22H,14H2,1-4H3. The van der Waals surface area contributed by atoms with Gasteiger partial charge in [-0.05, 0) is 36.2 Å². The highest BCUT2D eigenvalue weighted by Gasteiger charge is 2.20.